The quantitative estimate of drug-likeness (QED) is 0.0930. The lowest BCUT2D eigenvalue weighted by Crippen LogP contribution is -2.19. The molecule has 0 fully saturated rings. The summed E-state index contributed by atoms with van der Waals surface area (Å²) in [5, 5.41) is 84.7. The molecule has 12 nitrogen and oxygen atoms in total. The van der Waals surface area contributed by atoms with Crippen LogP contribution in [0.25, 0.3) is 97.0 Å². The predicted molar refractivity (Wildman–Crippen MR) is 517 cm³/mol. The number of fused-ring (bicyclic) bond motifs is 33. The minimum Gasteiger partial charge on any atom is -0.508 e. The maximum absolute atomic E-state index is 11.7. The van der Waals surface area contributed by atoms with Crippen molar-refractivity contribution >= 4 is 97.0 Å². The van der Waals surface area contributed by atoms with Crippen LogP contribution in [0.15, 0.2) is 364 Å². The summed E-state index contributed by atoms with van der Waals surface area (Å²) in [6, 6.07) is 123. The Hall–Kier alpha value is -17.2. The molecule has 6 N–H and O–H groups in total. The van der Waals surface area contributed by atoms with Crippen molar-refractivity contribution in [2.75, 3.05) is 0 Å². The van der Waals surface area contributed by atoms with Gasteiger partial charge in [0.1, 0.15) is 103 Å². The van der Waals surface area contributed by atoms with Gasteiger partial charge in [0.05, 0.1) is 0 Å². The molecule has 12 heteroatoms. The van der Waals surface area contributed by atoms with Crippen LogP contribution in [-0.2, 0) is 0 Å². The fourth-order valence-electron chi connectivity index (χ4n) is 23.5. The van der Waals surface area contributed by atoms with E-state index in [1.165, 1.54) is 0 Å². The number of rotatable bonds is 6. The highest BCUT2D eigenvalue weighted by molar-refractivity contribution is 6.06. The van der Waals surface area contributed by atoms with Crippen molar-refractivity contribution in [3.8, 4) is 103 Å². The molecule has 28 rings (SSSR count). The molecule has 0 saturated heterocycles. The molecule has 22 aromatic rings. The van der Waals surface area contributed by atoms with E-state index < -0.39 is 17.8 Å². The second-order valence-electron chi connectivity index (χ2n) is 35.8. The van der Waals surface area contributed by atoms with Gasteiger partial charge in [-0.1, -0.05) is 218 Å². The van der Waals surface area contributed by atoms with Crippen molar-refractivity contribution in [3.05, 3.63) is 464 Å². The van der Waals surface area contributed by atoms with E-state index in [4.69, 9.17) is 28.4 Å². The lowest BCUT2D eigenvalue weighted by molar-refractivity contribution is 0.452. The molecular weight excluding hydrogens is 1630 g/mol. The van der Waals surface area contributed by atoms with Crippen LogP contribution >= 0.6 is 0 Å². The molecule has 0 saturated carbocycles. The lowest BCUT2D eigenvalue weighted by Gasteiger charge is -2.37. The van der Waals surface area contributed by atoms with Crippen LogP contribution in [-0.4, -0.2) is 30.6 Å². The van der Waals surface area contributed by atoms with Crippen molar-refractivity contribution in [1.82, 2.24) is 0 Å². The van der Waals surface area contributed by atoms with Gasteiger partial charge in [-0.15, -0.1) is 0 Å². The third-order valence-electron chi connectivity index (χ3n) is 28.8. The van der Waals surface area contributed by atoms with Crippen molar-refractivity contribution < 1.29 is 59.1 Å². The average molecular weight is 1710 g/mol. The highest BCUT2D eigenvalue weighted by Crippen LogP contribution is 2.65. The Balaban J connectivity index is 0.774. The molecule has 0 aromatic heterocycles. The largest absolute Gasteiger partial charge is 0.508 e. The molecule has 6 aliphatic rings. The second-order valence-corrected chi connectivity index (χ2v) is 35.8. The molecule has 0 spiro atoms. The van der Waals surface area contributed by atoms with E-state index >= 15 is 0 Å². The molecule has 624 valence electrons. The summed E-state index contributed by atoms with van der Waals surface area (Å²) in [6.07, 6.45) is 0. The van der Waals surface area contributed by atoms with Gasteiger partial charge in [0.15, 0.2) is 0 Å². The van der Waals surface area contributed by atoms with Gasteiger partial charge in [0, 0.05) is 102 Å². The summed E-state index contributed by atoms with van der Waals surface area (Å²) in [6.45, 7) is 0. The average Bonchev–Trinajstić information content (AvgIpc) is 0.705. The van der Waals surface area contributed by atoms with E-state index in [9.17, 15) is 30.6 Å². The third kappa shape index (κ3) is 10.8. The van der Waals surface area contributed by atoms with Gasteiger partial charge >= 0.3 is 0 Å². The summed E-state index contributed by atoms with van der Waals surface area (Å²) in [4.78, 5) is 0. The first kappa shape index (κ1) is 73.9. The number of ether oxygens (including phenoxy) is 6. The van der Waals surface area contributed by atoms with Gasteiger partial charge in [0.2, 0.25) is 0 Å². The Morgan fingerprint density at radius 1 is 0.129 bits per heavy atom. The smallest absolute Gasteiger partial charge is 0.132 e. The van der Waals surface area contributed by atoms with Crippen LogP contribution in [0.1, 0.15) is 136 Å². The summed E-state index contributed by atoms with van der Waals surface area (Å²) in [7, 11) is 0. The number of hydrogen-bond acceptors (Lipinski definition) is 12. The molecule has 22 aromatic carbocycles. The Labute approximate surface area is 754 Å². The van der Waals surface area contributed by atoms with Crippen LogP contribution in [0.4, 0.5) is 0 Å². The molecule has 0 bridgehead atoms. The first-order chi connectivity index (χ1) is 64.9. The normalized spacial score (nSPS) is 16.7. The van der Waals surface area contributed by atoms with Crippen LogP contribution in [0.2, 0.25) is 0 Å². The third-order valence-corrected chi connectivity index (χ3v) is 28.8. The van der Waals surface area contributed by atoms with Crippen LogP contribution < -0.4 is 28.4 Å². The van der Waals surface area contributed by atoms with Gasteiger partial charge in [-0.25, -0.2) is 0 Å². The highest BCUT2D eigenvalue weighted by atomic mass is 16.5. The molecule has 0 amide bonds. The van der Waals surface area contributed by atoms with Crippen molar-refractivity contribution in [2.24, 2.45) is 0 Å². The molecule has 6 heterocycles. The minimum atomic E-state index is -0.694. The van der Waals surface area contributed by atoms with Gasteiger partial charge < -0.3 is 59.1 Å². The van der Waals surface area contributed by atoms with Gasteiger partial charge in [-0.2, -0.15) is 0 Å². The molecule has 6 aliphatic heterocycles. The topological polar surface area (TPSA) is 177 Å². The lowest BCUT2D eigenvalue weighted by atomic mass is 9.71. The predicted octanol–water partition coefficient (Wildman–Crippen LogP) is 30.0. The number of aromatic hydroxyl groups is 6. The maximum Gasteiger partial charge on any atom is 0.132 e. The maximum atomic E-state index is 11.7. The molecular formula is C120H72O12. The molecule has 6 atom stereocenters. The van der Waals surface area contributed by atoms with E-state index in [1.807, 2.05) is 164 Å². The molecule has 0 aliphatic carbocycles. The van der Waals surface area contributed by atoms with Crippen molar-refractivity contribution in [3.63, 3.8) is 0 Å². The van der Waals surface area contributed by atoms with E-state index in [1.54, 1.807) is 36.4 Å². The first-order valence-electron chi connectivity index (χ1n) is 44.6. The van der Waals surface area contributed by atoms with Crippen LogP contribution in [0, 0.1) is 0 Å². The molecule has 0 radical (unpaired) electrons. The van der Waals surface area contributed by atoms with Gasteiger partial charge in [0.25, 0.3) is 0 Å². The number of benzene rings is 22. The van der Waals surface area contributed by atoms with Gasteiger partial charge in [-0.3, -0.25) is 0 Å². The fraction of sp³-hybridized carbons (Fsp3) is 0.0500. The van der Waals surface area contributed by atoms with Crippen molar-refractivity contribution in [2.45, 2.75) is 35.5 Å². The fourth-order valence-corrected chi connectivity index (χ4v) is 23.5. The Morgan fingerprint density at radius 2 is 0.273 bits per heavy atom. The molecule has 132 heavy (non-hydrogen) atoms. The van der Waals surface area contributed by atoms with E-state index in [0.29, 0.717) is 51.7 Å². The zero-order valence-corrected chi connectivity index (χ0v) is 70.2. The summed E-state index contributed by atoms with van der Waals surface area (Å²) < 4.78 is 44.6. The highest BCUT2D eigenvalue weighted by Gasteiger charge is 2.44. The second kappa shape index (κ2) is 27.6. The van der Waals surface area contributed by atoms with E-state index in [2.05, 4.69) is 164 Å². The van der Waals surface area contributed by atoms with Gasteiger partial charge in [-0.05, 0) is 276 Å². The van der Waals surface area contributed by atoms with E-state index in [0.717, 1.165) is 214 Å². The zero-order valence-electron chi connectivity index (χ0n) is 70.2. The standard InChI is InChI=1S/C120H72O12/c121-73-22-28-79-64(55-73)16-40-91-109(79)103(61-10-4-1-5-11-61)115-85-34-49-100-118(88(85)37-46-97(115)127-91)106(112-82-31-25-76(124)58-67(82)19-43-94(112)130-100)70-52-71(107-113-83-32-26-77(125)59-68(83)20-44-95(113)131-101-50-35-86-89(119(101)107)38-47-98-116(86)104(62-12-6-2-7-13-62)110-80-29-23-74(122)56-65(80)17-41-92(110)128-98)54-72(53-70)108-114-84-33-27-78(126)60-69(84)21-45-96(114)132-102-51-36-87-90(120(102)108)39-48-99-117(87)105(63-14-8-3-9-15-63)111-81-30-24-75(123)57-66(81)18-42-93(111)129-99/h1-60,103-108,121-126H. The van der Waals surface area contributed by atoms with E-state index in [-0.39, 0.29) is 52.3 Å². The van der Waals surface area contributed by atoms with Crippen molar-refractivity contribution in [1.29, 1.82) is 0 Å². The Bertz CT molecular complexity index is 8090. The monoisotopic (exact) mass is 1700 g/mol. The SMILES string of the molecule is Oc1ccc2c3c(ccc2c1)Oc1ccc2c4c(ccc2c1C3c1ccccc1)Oc1ccc2cc(O)ccc2c1C4c1cc(C2c3c(ccc4cc(O)ccc34)Oc3ccc4c5c(ccc4c32)Oc2ccc3cc(O)ccc3c2C5c2ccccc2)cc(C2c3c(ccc4cc(O)ccc34)Oc3ccc4c5c(ccc4c32)Oc2ccc3cc(O)ccc3c2C5c2ccccc2)c1. The molecule has 6 unspecified atom stereocenters. The summed E-state index contributed by atoms with van der Waals surface area (Å²) >= 11 is 0. The number of hydrogen-bond donors (Lipinski definition) is 6. The Kier molecular flexibility index (Phi) is 15.5. The minimum absolute atomic E-state index is 0.114. The first-order valence-corrected chi connectivity index (χ1v) is 44.6. The van der Waals surface area contributed by atoms with Crippen LogP contribution in [0.5, 0.6) is 103 Å². The summed E-state index contributed by atoms with van der Waals surface area (Å²) in [5.41, 5.74) is 17.0. The van der Waals surface area contributed by atoms with Crippen LogP contribution in [0.3, 0.4) is 0 Å². The number of phenolic OH excluding ortho intramolecular Hbond substituents is 6. The number of phenols is 6. The summed E-state index contributed by atoms with van der Waals surface area (Å²) in [5.74, 6) is 5.76. The zero-order chi connectivity index (χ0) is 87.3. The Morgan fingerprint density at radius 3 is 0.447 bits per heavy atom.